The van der Waals surface area contributed by atoms with Gasteiger partial charge in [0.25, 0.3) is 5.91 Å². The van der Waals surface area contributed by atoms with Crippen molar-refractivity contribution in [1.82, 2.24) is 9.88 Å². The van der Waals surface area contributed by atoms with Crippen LogP contribution in [0.15, 0.2) is 6.07 Å². The number of rotatable bonds is 2. The molecule has 2 unspecified atom stereocenters. The number of carboxylic acid groups (broad SMARTS) is 1. The summed E-state index contributed by atoms with van der Waals surface area (Å²) in [6.45, 7) is 1.79. The molecule has 1 aliphatic heterocycles. The van der Waals surface area contributed by atoms with Crippen molar-refractivity contribution in [3.8, 4) is 0 Å². The van der Waals surface area contributed by atoms with Crippen LogP contribution < -0.4 is 0 Å². The molecule has 18 heavy (non-hydrogen) atoms. The third-order valence-corrected chi connectivity index (χ3v) is 4.61. The van der Waals surface area contributed by atoms with Gasteiger partial charge in [-0.25, -0.2) is 4.79 Å². The van der Waals surface area contributed by atoms with Crippen LogP contribution in [0.4, 0.5) is 0 Å². The van der Waals surface area contributed by atoms with Crippen molar-refractivity contribution in [2.75, 3.05) is 5.75 Å². The summed E-state index contributed by atoms with van der Waals surface area (Å²) in [5.74, 6) is -1.04. The van der Waals surface area contributed by atoms with E-state index in [9.17, 15) is 9.59 Å². The second-order valence-electron chi connectivity index (χ2n) is 3.84. The highest BCUT2D eigenvalue weighted by molar-refractivity contribution is 8.00. The molecule has 0 saturated carbocycles. The van der Waals surface area contributed by atoms with E-state index < -0.39 is 17.9 Å². The van der Waals surface area contributed by atoms with Crippen molar-refractivity contribution in [2.24, 2.45) is 0 Å². The Morgan fingerprint density at radius 3 is 2.72 bits per heavy atom. The fraction of sp³-hybridized carbons (Fsp3) is 0.400. The molecule has 0 aromatic carbocycles. The van der Waals surface area contributed by atoms with Crippen LogP contribution in [0.3, 0.4) is 0 Å². The zero-order valence-corrected chi connectivity index (χ0v) is 11.6. The molecule has 0 bridgehead atoms. The van der Waals surface area contributed by atoms with Crippen molar-refractivity contribution < 1.29 is 14.7 Å². The highest BCUT2D eigenvalue weighted by Gasteiger charge is 2.40. The highest BCUT2D eigenvalue weighted by atomic mass is 35.5. The van der Waals surface area contributed by atoms with Gasteiger partial charge < -0.3 is 15.0 Å². The van der Waals surface area contributed by atoms with Crippen LogP contribution in [-0.4, -0.2) is 44.0 Å². The molecule has 0 radical (unpaired) electrons. The molecular weight excluding hydrogens is 299 g/mol. The molecule has 1 aromatic heterocycles. The Morgan fingerprint density at radius 1 is 1.56 bits per heavy atom. The molecule has 2 rings (SSSR count). The van der Waals surface area contributed by atoms with Crippen molar-refractivity contribution in [2.45, 2.75) is 18.3 Å². The summed E-state index contributed by atoms with van der Waals surface area (Å²) in [7, 11) is 0. The maximum absolute atomic E-state index is 12.2. The number of carboxylic acids is 1. The number of thioether (sulfide) groups is 1. The summed E-state index contributed by atoms with van der Waals surface area (Å²) in [5, 5.41) is 9.31. The van der Waals surface area contributed by atoms with Crippen LogP contribution in [0.2, 0.25) is 10.2 Å². The summed E-state index contributed by atoms with van der Waals surface area (Å²) in [6, 6.07) is 0.583. The third kappa shape index (κ3) is 2.32. The monoisotopic (exact) mass is 308 g/mol. The number of nitrogens with zero attached hydrogens (tertiary/aromatic N) is 1. The van der Waals surface area contributed by atoms with Crippen LogP contribution in [0, 0.1) is 0 Å². The topological polar surface area (TPSA) is 73.4 Å². The summed E-state index contributed by atoms with van der Waals surface area (Å²) in [6.07, 6.45) is 0. The molecule has 1 aliphatic rings. The van der Waals surface area contributed by atoms with E-state index in [1.807, 2.05) is 0 Å². The number of hydrogen-bond acceptors (Lipinski definition) is 3. The van der Waals surface area contributed by atoms with E-state index in [-0.39, 0.29) is 21.2 Å². The number of H-pyrrole nitrogens is 1. The first kappa shape index (κ1) is 13.6. The molecular formula is C10H10Cl2N2O3S. The number of aromatic amines is 1. The smallest absolute Gasteiger partial charge is 0.327 e. The average Bonchev–Trinajstić information content (AvgIpc) is 2.83. The minimum absolute atomic E-state index is 0.173. The van der Waals surface area contributed by atoms with Gasteiger partial charge in [-0.05, 0) is 13.0 Å². The van der Waals surface area contributed by atoms with Crippen LogP contribution in [0.5, 0.6) is 0 Å². The van der Waals surface area contributed by atoms with E-state index in [2.05, 4.69) is 4.98 Å². The van der Waals surface area contributed by atoms with Crippen LogP contribution in [0.1, 0.15) is 17.4 Å². The maximum atomic E-state index is 12.2. The van der Waals surface area contributed by atoms with Gasteiger partial charge in [0, 0.05) is 5.75 Å². The molecule has 2 atom stereocenters. The van der Waals surface area contributed by atoms with E-state index in [1.54, 1.807) is 6.92 Å². The summed E-state index contributed by atoms with van der Waals surface area (Å²) in [5.41, 5.74) is 0.200. The standard InChI is InChI=1S/C10H10Cl2N2O3S/c1-4-14(7(3-18-4)10(16)17)9(15)6-2-5(11)8(12)13-6/h2,4,7,13H,3H2,1H3,(H,16,17). The fourth-order valence-electron chi connectivity index (χ4n) is 1.80. The van der Waals surface area contributed by atoms with Crippen molar-refractivity contribution >= 4 is 46.8 Å². The summed E-state index contributed by atoms with van der Waals surface area (Å²) >= 11 is 12.9. The number of amides is 1. The predicted molar refractivity (Wildman–Crippen MR) is 70.3 cm³/mol. The lowest BCUT2D eigenvalue weighted by molar-refractivity contribution is -0.141. The van der Waals surface area contributed by atoms with Crippen LogP contribution >= 0.6 is 35.0 Å². The van der Waals surface area contributed by atoms with Crippen molar-refractivity contribution in [3.63, 3.8) is 0 Å². The zero-order chi connectivity index (χ0) is 13.4. The van der Waals surface area contributed by atoms with Gasteiger partial charge in [-0.3, -0.25) is 4.79 Å². The van der Waals surface area contributed by atoms with E-state index in [0.717, 1.165) is 0 Å². The molecule has 5 nitrogen and oxygen atoms in total. The second-order valence-corrected chi connectivity index (χ2v) is 5.98. The first-order chi connectivity index (χ1) is 8.41. The molecule has 2 heterocycles. The number of halogens is 2. The van der Waals surface area contributed by atoms with E-state index in [4.69, 9.17) is 28.3 Å². The number of aromatic nitrogens is 1. The lowest BCUT2D eigenvalue weighted by Crippen LogP contribution is -2.44. The molecule has 1 fully saturated rings. The highest BCUT2D eigenvalue weighted by Crippen LogP contribution is 2.31. The van der Waals surface area contributed by atoms with Gasteiger partial charge in [-0.2, -0.15) is 0 Å². The summed E-state index contributed by atoms with van der Waals surface area (Å²) < 4.78 is 0. The molecule has 1 aromatic rings. The fourth-order valence-corrected chi connectivity index (χ4v) is 3.28. The minimum Gasteiger partial charge on any atom is -0.480 e. The van der Waals surface area contributed by atoms with Gasteiger partial charge in [-0.15, -0.1) is 11.8 Å². The maximum Gasteiger partial charge on any atom is 0.327 e. The van der Waals surface area contributed by atoms with Crippen LogP contribution in [-0.2, 0) is 4.79 Å². The van der Waals surface area contributed by atoms with E-state index >= 15 is 0 Å². The number of aliphatic carboxylic acids is 1. The Hall–Kier alpha value is -0.850. The predicted octanol–water partition coefficient (Wildman–Crippen LogP) is 2.31. The quantitative estimate of drug-likeness (QED) is 0.879. The SMILES string of the molecule is CC1SCC(C(=O)O)N1C(=O)c1cc(Cl)c(Cl)[nH]1. The molecule has 1 amide bonds. The molecule has 8 heteroatoms. The van der Waals surface area contributed by atoms with Gasteiger partial charge in [0.1, 0.15) is 16.9 Å². The largest absolute Gasteiger partial charge is 0.480 e. The Morgan fingerprint density at radius 2 is 2.22 bits per heavy atom. The average molecular weight is 309 g/mol. The molecule has 1 saturated heterocycles. The minimum atomic E-state index is -1.01. The Labute approximate surface area is 117 Å². The Kier molecular flexibility index (Phi) is 3.79. The number of carbonyl (C=O) groups is 2. The van der Waals surface area contributed by atoms with Crippen molar-refractivity contribution in [3.05, 3.63) is 21.9 Å². The first-order valence-electron chi connectivity index (χ1n) is 5.13. The number of nitrogens with one attached hydrogen (secondary N) is 1. The zero-order valence-electron chi connectivity index (χ0n) is 9.31. The van der Waals surface area contributed by atoms with Gasteiger partial charge >= 0.3 is 5.97 Å². The van der Waals surface area contributed by atoms with E-state index in [1.165, 1.54) is 22.7 Å². The van der Waals surface area contributed by atoms with Gasteiger partial charge in [0.05, 0.1) is 10.4 Å². The molecule has 98 valence electrons. The van der Waals surface area contributed by atoms with Gasteiger partial charge in [0.15, 0.2) is 0 Å². The summed E-state index contributed by atoms with van der Waals surface area (Å²) in [4.78, 5) is 27.3. The molecule has 0 aliphatic carbocycles. The van der Waals surface area contributed by atoms with Gasteiger partial charge in [0.2, 0.25) is 0 Å². The Balaban J connectivity index is 2.29. The van der Waals surface area contributed by atoms with Gasteiger partial charge in [-0.1, -0.05) is 23.2 Å². The lowest BCUT2D eigenvalue weighted by atomic mass is 10.2. The first-order valence-corrected chi connectivity index (χ1v) is 6.93. The molecule has 2 N–H and O–H groups in total. The van der Waals surface area contributed by atoms with E-state index in [0.29, 0.717) is 5.75 Å². The second kappa shape index (κ2) is 5.03. The Bertz CT molecular complexity index is 486. The van der Waals surface area contributed by atoms with Crippen LogP contribution in [0.25, 0.3) is 0 Å². The number of carbonyl (C=O) groups excluding carboxylic acids is 1. The normalized spacial score (nSPS) is 23.4. The van der Waals surface area contributed by atoms with Crippen molar-refractivity contribution in [1.29, 1.82) is 0 Å². The third-order valence-electron chi connectivity index (χ3n) is 2.70. The lowest BCUT2D eigenvalue weighted by Gasteiger charge is -2.24. The molecule has 0 spiro atoms. The number of hydrogen-bond donors (Lipinski definition) is 2.